The van der Waals surface area contributed by atoms with Crippen molar-refractivity contribution in [1.82, 2.24) is 0 Å². The largest absolute Gasteiger partial charge is 0.479 e. The Labute approximate surface area is 84.4 Å². The number of rotatable bonds is 3. The SMILES string of the molecule is O=C(O)C(Cl)(I)C(=O)CBr. The minimum atomic E-state index is -1.82. The van der Waals surface area contributed by atoms with Crippen LogP contribution in [0.3, 0.4) is 0 Å². The highest BCUT2D eigenvalue weighted by Crippen LogP contribution is 2.26. The first kappa shape index (κ1) is 10.6. The van der Waals surface area contributed by atoms with Gasteiger partial charge in [-0.2, -0.15) is 0 Å². The quantitative estimate of drug-likeness (QED) is 0.480. The molecular formula is C4H3BrClIO3. The van der Waals surface area contributed by atoms with E-state index in [0.29, 0.717) is 0 Å². The summed E-state index contributed by atoms with van der Waals surface area (Å²) in [6.07, 6.45) is 0. The van der Waals surface area contributed by atoms with E-state index in [2.05, 4.69) is 15.9 Å². The smallest absolute Gasteiger partial charge is 0.342 e. The Morgan fingerprint density at radius 2 is 2.10 bits per heavy atom. The molecule has 0 amide bonds. The van der Waals surface area contributed by atoms with Crippen LogP contribution in [0, 0.1) is 0 Å². The molecule has 0 rings (SSSR count). The van der Waals surface area contributed by atoms with Gasteiger partial charge in [0, 0.05) is 0 Å². The average molecular weight is 341 g/mol. The number of halogens is 3. The molecule has 0 aromatic rings. The number of ketones is 1. The Hall–Kier alpha value is 0.640. The summed E-state index contributed by atoms with van der Waals surface area (Å²) in [5.41, 5.74) is 0. The molecule has 0 saturated heterocycles. The summed E-state index contributed by atoms with van der Waals surface area (Å²) >= 11 is 9.52. The van der Waals surface area contributed by atoms with Gasteiger partial charge in [0.15, 0.2) is 5.78 Å². The van der Waals surface area contributed by atoms with Gasteiger partial charge in [0.2, 0.25) is 2.88 Å². The Morgan fingerprint density at radius 1 is 1.70 bits per heavy atom. The van der Waals surface area contributed by atoms with E-state index in [-0.39, 0.29) is 5.33 Å². The molecule has 0 heterocycles. The van der Waals surface area contributed by atoms with Crippen molar-refractivity contribution in [1.29, 1.82) is 0 Å². The third-order valence-electron chi connectivity index (χ3n) is 0.740. The zero-order chi connectivity index (χ0) is 8.36. The predicted molar refractivity (Wildman–Crippen MR) is 49.0 cm³/mol. The second-order valence-electron chi connectivity index (χ2n) is 1.44. The Morgan fingerprint density at radius 3 is 2.20 bits per heavy atom. The Balaban J connectivity index is 4.40. The monoisotopic (exact) mass is 340 g/mol. The van der Waals surface area contributed by atoms with Crippen molar-refractivity contribution in [3.05, 3.63) is 0 Å². The second-order valence-corrected chi connectivity index (χ2v) is 4.82. The molecule has 0 aliphatic rings. The summed E-state index contributed by atoms with van der Waals surface area (Å²) in [5.74, 6) is -1.90. The summed E-state index contributed by atoms with van der Waals surface area (Å²) in [6, 6.07) is 0. The highest BCUT2D eigenvalue weighted by atomic mass is 127. The van der Waals surface area contributed by atoms with Gasteiger partial charge in [0.25, 0.3) is 0 Å². The molecule has 0 aromatic carbocycles. The molecule has 1 N–H and O–H groups in total. The maximum atomic E-state index is 10.7. The first-order chi connectivity index (χ1) is 4.42. The number of carboxylic acid groups (broad SMARTS) is 1. The average Bonchev–Trinajstić information content (AvgIpc) is 1.86. The van der Waals surface area contributed by atoms with Crippen LogP contribution in [0.5, 0.6) is 0 Å². The lowest BCUT2D eigenvalue weighted by molar-refractivity contribution is -0.139. The molecule has 0 bridgehead atoms. The lowest BCUT2D eigenvalue weighted by Gasteiger charge is -2.09. The van der Waals surface area contributed by atoms with Gasteiger partial charge in [0.1, 0.15) is 0 Å². The first-order valence-electron chi connectivity index (χ1n) is 2.13. The van der Waals surface area contributed by atoms with Gasteiger partial charge in [-0.05, 0) is 22.6 Å². The number of aliphatic carboxylic acids is 1. The van der Waals surface area contributed by atoms with E-state index < -0.39 is 14.6 Å². The van der Waals surface area contributed by atoms with Gasteiger partial charge >= 0.3 is 5.97 Å². The standard InChI is InChI=1S/C4H3BrClIO3/c5-1-2(8)4(6,7)3(9)10/h1H2,(H,9,10). The van der Waals surface area contributed by atoms with Crippen LogP contribution >= 0.6 is 50.1 Å². The summed E-state index contributed by atoms with van der Waals surface area (Å²) < 4.78 is -1.82. The molecule has 3 nitrogen and oxygen atoms in total. The van der Waals surface area contributed by atoms with Crippen molar-refractivity contribution >= 4 is 61.9 Å². The van der Waals surface area contributed by atoms with Crippen LogP contribution in [0.4, 0.5) is 0 Å². The van der Waals surface area contributed by atoms with E-state index in [4.69, 9.17) is 16.7 Å². The second kappa shape index (κ2) is 3.87. The van der Waals surface area contributed by atoms with Crippen LogP contribution in [0.2, 0.25) is 0 Å². The van der Waals surface area contributed by atoms with Crippen molar-refractivity contribution in [2.45, 2.75) is 2.88 Å². The minimum absolute atomic E-state index is 0.0499. The van der Waals surface area contributed by atoms with Crippen LogP contribution in [0.15, 0.2) is 0 Å². The van der Waals surface area contributed by atoms with Crippen molar-refractivity contribution in [3.63, 3.8) is 0 Å². The van der Waals surface area contributed by atoms with Gasteiger partial charge in [-0.25, -0.2) is 4.79 Å². The van der Waals surface area contributed by atoms with E-state index >= 15 is 0 Å². The summed E-state index contributed by atoms with van der Waals surface area (Å²) in [7, 11) is 0. The number of Topliss-reactive ketones (excluding diaryl/α,β-unsaturated/α-hetero) is 1. The maximum absolute atomic E-state index is 10.7. The molecule has 0 fully saturated rings. The fourth-order valence-corrected chi connectivity index (χ4v) is 1.57. The van der Waals surface area contributed by atoms with Gasteiger partial charge in [-0.1, -0.05) is 27.5 Å². The molecular weight excluding hydrogens is 338 g/mol. The Bertz CT molecular complexity index is 170. The number of carbonyl (C=O) groups excluding carboxylic acids is 1. The minimum Gasteiger partial charge on any atom is -0.479 e. The highest BCUT2D eigenvalue weighted by molar-refractivity contribution is 14.1. The van der Waals surface area contributed by atoms with Crippen LogP contribution in [0.25, 0.3) is 0 Å². The van der Waals surface area contributed by atoms with Crippen LogP contribution < -0.4 is 0 Å². The fraction of sp³-hybridized carbons (Fsp3) is 0.500. The van der Waals surface area contributed by atoms with Crippen LogP contribution in [0.1, 0.15) is 0 Å². The third kappa shape index (κ3) is 2.35. The van der Waals surface area contributed by atoms with Gasteiger partial charge in [0.05, 0.1) is 5.33 Å². The number of hydrogen-bond donors (Lipinski definition) is 1. The number of alkyl halides is 3. The molecule has 1 atom stereocenters. The predicted octanol–water partition coefficient (Wildman–Crippen LogP) is 1.41. The number of carbonyl (C=O) groups is 2. The zero-order valence-corrected chi connectivity index (χ0v) is 9.10. The maximum Gasteiger partial charge on any atom is 0.342 e. The highest BCUT2D eigenvalue weighted by Gasteiger charge is 2.40. The van der Waals surface area contributed by atoms with E-state index in [1.165, 1.54) is 22.6 Å². The molecule has 58 valence electrons. The van der Waals surface area contributed by atoms with Crippen LogP contribution in [-0.4, -0.2) is 25.1 Å². The molecule has 0 aliphatic heterocycles. The number of hydrogen-bond acceptors (Lipinski definition) is 2. The van der Waals surface area contributed by atoms with Crippen molar-refractivity contribution in [3.8, 4) is 0 Å². The Kier molecular flexibility index (Phi) is 4.12. The van der Waals surface area contributed by atoms with E-state index in [1.54, 1.807) is 0 Å². The fourth-order valence-electron chi connectivity index (χ4n) is 0.203. The molecule has 0 spiro atoms. The lowest BCUT2D eigenvalue weighted by Crippen LogP contribution is -2.35. The topological polar surface area (TPSA) is 54.4 Å². The molecule has 0 radical (unpaired) electrons. The molecule has 6 heteroatoms. The molecule has 0 saturated carbocycles. The normalized spacial score (nSPS) is 15.9. The zero-order valence-electron chi connectivity index (χ0n) is 4.60. The van der Waals surface area contributed by atoms with Crippen molar-refractivity contribution in [2.75, 3.05) is 5.33 Å². The number of carboxylic acids is 1. The first-order valence-corrected chi connectivity index (χ1v) is 4.71. The lowest BCUT2D eigenvalue weighted by atomic mass is 10.3. The van der Waals surface area contributed by atoms with E-state index in [1.807, 2.05) is 0 Å². The van der Waals surface area contributed by atoms with Crippen LogP contribution in [-0.2, 0) is 9.59 Å². The molecule has 10 heavy (non-hydrogen) atoms. The molecule has 0 aromatic heterocycles. The molecule has 1 unspecified atom stereocenters. The summed E-state index contributed by atoms with van der Waals surface area (Å²) in [6.45, 7) is 0. The van der Waals surface area contributed by atoms with Crippen molar-refractivity contribution < 1.29 is 14.7 Å². The van der Waals surface area contributed by atoms with E-state index in [0.717, 1.165) is 0 Å². The summed E-state index contributed by atoms with van der Waals surface area (Å²) in [5, 5.41) is 8.31. The third-order valence-corrected chi connectivity index (χ3v) is 2.68. The van der Waals surface area contributed by atoms with Gasteiger partial charge in [-0.3, -0.25) is 4.79 Å². The van der Waals surface area contributed by atoms with Gasteiger partial charge in [-0.15, -0.1) is 0 Å². The summed E-state index contributed by atoms with van der Waals surface area (Å²) in [4.78, 5) is 20.9. The molecule has 0 aliphatic carbocycles. The van der Waals surface area contributed by atoms with E-state index in [9.17, 15) is 9.59 Å². The van der Waals surface area contributed by atoms with Crippen molar-refractivity contribution in [2.24, 2.45) is 0 Å². The van der Waals surface area contributed by atoms with Gasteiger partial charge < -0.3 is 5.11 Å².